The van der Waals surface area contributed by atoms with Crippen LogP contribution in [0.15, 0.2) is 18.3 Å². The van der Waals surface area contributed by atoms with Gasteiger partial charge in [-0.2, -0.15) is 0 Å². The van der Waals surface area contributed by atoms with E-state index in [0.29, 0.717) is 5.37 Å². The quantitative estimate of drug-likeness (QED) is 0.845. The van der Waals surface area contributed by atoms with E-state index in [2.05, 4.69) is 15.6 Å². The number of nitrogens with zero attached hydrogens (tertiary/aromatic N) is 3. The molecule has 0 bridgehead atoms. The summed E-state index contributed by atoms with van der Waals surface area (Å²) in [5, 5.41) is 0.475. The number of aromatic nitrogens is 3. The zero-order valence-corrected chi connectivity index (χ0v) is 12.3. The maximum Gasteiger partial charge on any atom is 0.161 e. The van der Waals surface area contributed by atoms with Crippen molar-refractivity contribution >= 4 is 22.9 Å². The van der Waals surface area contributed by atoms with Gasteiger partial charge in [-0.05, 0) is 50.0 Å². The fourth-order valence-electron chi connectivity index (χ4n) is 3.17. The lowest BCUT2D eigenvalue weighted by atomic mass is 10.2. The van der Waals surface area contributed by atoms with Gasteiger partial charge < -0.3 is 4.74 Å². The van der Waals surface area contributed by atoms with Gasteiger partial charge in [-0.3, -0.25) is 4.57 Å². The molecule has 0 saturated carbocycles. The molecule has 2 fully saturated rings. The molecule has 0 spiro atoms. The standard InChI is InChI=1S/C15H19N3OS/c1-2-10-20-13(7-1)18-14-11(5-3-8-16-14)17-15(18)12-6-4-9-19-12/h3,5,8,12-13H,1-2,4,6-7,9-10H2. The van der Waals surface area contributed by atoms with Crippen LogP contribution >= 0.6 is 11.8 Å². The molecule has 2 aliphatic rings. The Kier molecular flexibility index (Phi) is 3.40. The minimum absolute atomic E-state index is 0.159. The molecule has 106 valence electrons. The minimum atomic E-state index is 0.159. The normalized spacial score (nSPS) is 27.2. The highest BCUT2D eigenvalue weighted by molar-refractivity contribution is 7.99. The summed E-state index contributed by atoms with van der Waals surface area (Å²) >= 11 is 2.04. The maximum atomic E-state index is 5.88. The van der Waals surface area contributed by atoms with E-state index >= 15 is 0 Å². The van der Waals surface area contributed by atoms with Gasteiger partial charge in [0.25, 0.3) is 0 Å². The van der Waals surface area contributed by atoms with E-state index in [9.17, 15) is 0 Å². The third-order valence-corrected chi connectivity index (χ3v) is 5.49. The van der Waals surface area contributed by atoms with E-state index in [0.717, 1.165) is 36.4 Å². The lowest BCUT2D eigenvalue weighted by Gasteiger charge is -2.25. The van der Waals surface area contributed by atoms with Gasteiger partial charge in [-0.1, -0.05) is 0 Å². The second-order valence-electron chi connectivity index (χ2n) is 5.51. The Labute approximate surface area is 122 Å². The predicted molar refractivity (Wildman–Crippen MR) is 80.8 cm³/mol. The summed E-state index contributed by atoms with van der Waals surface area (Å²) in [7, 11) is 0. The lowest BCUT2D eigenvalue weighted by molar-refractivity contribution is 0.102. The number of imidazole rings is 1. The summed E-state index contributed by atoms with van der Waals surface area (Å²) in [5.74, 6) is 2.33. The molecule has 0 N–H and O–H groups in total. The number of hydrogen-bond donors (Lipinski definition) is 0. The van der Waals surface area contributed by atoms with Crippen LogP contribution in [0.4, 0.5) is 0 Å². The number of ether oxygens (including phenoxy) is 1. The molecule has 0 aromatic carbocycles. The molecule has 2 atom stereocenters. The molecule has 0 radical (unpaired) electrons. The van der Waals surface area contributed by atoms with Gasteiger partial charge in [0, 0.05) is 12.8 Å². The largest absolute Gasteiger partial charge is 0.370 e. The van der Waals surface area contributed by atoms with Crippen molar-refractivity contribution in [3.8, 4) is 0 Å². The molecular weight excluding hydrogens is 270 g/mol. The van der Waals surface area contributed by atoms with Crippen LogP contribution in [0.3, 0.4) is 0 Å². The van der Waals surface area contributed by atoms with Crippen LogP contribution in [0.25, 0.3) is 11.2 Å². The van der Waals surface area contributed by atoms with Gasteiger partial charge in [-0.25, -0.2) is 9.97 Å². The molecule has 4 nitrogen and oxygen atoms in total. The first kappa shape index (κ1) is 12.7. The van der Waals surface area contributed by atoms with Crippen molar-refractivity contribution in [1.82, 2.24) is 14.5 Å². The highest BCUT2D eigenvalue weighted by atomic mass is 32.2. The van der Waals surface area contributed by atoms with Gasteiger partial charge in [0.1, 0.15) is 17.4 Å². The Morgan fingerprint density at radius 3 is 3.05 bits per heavy atom. The van der Waals surface area contributed by atoms with Crippen molar-refractivity contribution in [3.63, 3.8) is 0 Å². The molecule has 20 heavy (non-hydrogen) atoms. The van der Waals surface area contributed by atoms with Crippen molar-refractivity contribution in [1.29, 1.82) is 0 Å². The number of pyridine rings is 1. The molecular formula is C15H19N3OS. The third-order valence-electron chi connectivity index (χ3n) is 4.14. The van der Waals surface area contributed by atoms with Crippen molar-refractivity contribution < 1.29 is 4.74 Å². The molecule has 2 aromatic heterocycles. The van der Waals surface area contributed by atoms with Crippen molar-refractivity contribution in [2.45, 2.75) is 43.6 Å². The molecule has 5 heteroatoms. The fourth-order valence-corrected chi connectivity index (χ4v) is 4.50. The number of fused-ring (bicyclic) bond motifs is 1. The SMILES string of the molecule is c1cnc2c(c1)nc(C1CCCO1)n2C1CCCCS1. The van der Waals surface area contributed by atoms with Crippen LogP contribution in [-0.4, -0.2) is 26.9 Å². The number of hydrogen-bond acceptors (Lipinski definition) is 4. The summed E-state index contributed by atoms with van der Waals surface area (Å²) in [6.07, 6.45) is 8.09. The average molecular weight is 289 g/mol. The topological polar surface area (TPSA) is 39.9 Å². The van der Waals surface area contributed by atoms with E-state index in [1.54, 1.807) is 0 Å². The monoisotopic (exact) mass is 289 g/mol. The van der Waals surface area contributed by atoms with E-state index < -0.39 is 0 Å². The van der Waals surface area contributed by atoms with Crippen molar-refractivity contribution in [3.05, 3.63) is 24.2 Å². The Balaban J connectivity index is 1.83. The van der Waals surface area contributed by atoms with E-state index in [1.165, 1.54) is 25.0 Å². The van der Waals surface area contributed by atoms with Crippen molar-refractivity contribution in [2.75, 3.05) is 12.4 Å². The molecule has 4 rings (SSSR count). The van der Waals surface area contributed by atoms with Crippen LogP contribution < -0.4 is 0 Å². The first-order valence-corrected chi connectivity index (χ1v) is 8.54. The van der Waals surface area contributed by atoms with Crippen LogP contribution in [-0.2, 0) is 4.74 Å². The van der Waals surface area contributed by atoms with Crippen molar-refractivity contribution in [2.24, 2.45) is 0 Å². The van der Waals surface area contributed by atoms with E-state index in [-0.39, 0.29) is 6.10 Å². The Hall–Kier alpha value is -1.07. The summed E-state index contributed by atoms with van der Waals surface area (Å²) < 4.78 is 8.24. The van der Waals surface area contributed by atoms with Gasteiger partial charge in [0.05, 0.1) is 5.37 Å². The third kappa shape index (κ3) is 2.13. The number of thioether (sulfide) groups is 1. The van der Waals surface area contributed by atoms with E-state index in [4.69, 9.17) is 9.72 Å². The molecule has 2 aliphatic heterocycles. The Morgan fingerprint density at radius 1 is 1.25 bits per heavy atom. The second-order valence-corrected chi connectivity index (χ2v) is 6.79. The fraction of sp³-hybridized carbons (Fsp3) is 0.600. The van der Waals surface area contributed by atoms with Gasteiger partial charge in [0.2, 0.25) is 0 Å². The summed E-state index contributed by atoms with van der Waals surface area (Å²) in [6.45, 7) is 0.860. The minimum Gasteiger partial charge on any atom is -0.370 e. The highest BCUT2D eigenvalue weighted by Crippen LogP contribution is 2.40. The van der Waals surface area contributed by atoms with Crippen LogP contribution in [0.5, 0.6) is 0 Å². The zero-order valence-electron chi connectivity index (χ0n) is 11.5. The summed E-state index contributed by atoms with van der Waals surface area (Å²) in [4.78, 5) is 9.41. The molecule has 2 aromatic rings. The lowest BCUT2D eigenvalue weighted by Crippen LogP contribution is -2.16. The first-order chi connectivity index (χ1) is 9.93. The van der Waals surface area contributed by atoms with Crippen LogP contribution in [0, 0.1) is 0 Å². The van der Waals surface area contributed by atoms with Crippen LogP contribution in [0.1, 0.15) is 49.4 Å². The maximum absolute atomic E-state index is 5.88. The number of rotatable bonds is 2. The second kappa shape index (κ2) is 5.37. The van der Waals surface area contributed by atoms with E-state index in [1.807, 2.05) is 24.0 Å². The smallest absolute Gasteiger partial charge is 0.161 e. The molecule has 2 unspecified atom stereocenters. The summed E-state index contributed by atoms with van der Waals surface area (Å²) in [5.41, 5.74) is 2.03. The first-order valence-electron chi connectivity index (χ1n) is 7.49. The van der Waals surface area contributed by atoms with Gasteiger partial charge >= 0.3 is 0 Å². The van der Waals surface area contributed by atoms with Gasteiger partial charge in [-0.15, -0.1) is 11.8 Å². The Bertz CT molecular complexity index is 600. The molecule has 0 amide bonds. The van der Waals surface area contributed by atoms with Gasteiger partial charge in [0.15, 0.2) is 5.65 Å². The summed E-state index contributed by atoms with van der Waals surface area (Å²) in [6, 6.07) is 4.03. The molecule has 4 heterocycles. The molecule has 2 saturated heterocycles. The average Bonchev–Trinajstić information content (AvgIpc) is 3.15. The van der Waals surface area contributed by atoms with Crippen LogP contribution in [0.2, 0.25) is 0 Å². The highest BCUT2D eigenvalue weighted by Gasteiger charge is 2.29. The molecule has 0 aliphatic carbocycles. The zero-order chi connectivity index (χ0) is 13.4. The predicted octanol–water partition coefficient (Wildman–Crippen LogP) is 3.70. The Morgan fingerprint density at radius 2 is 2.25 bits per heavy atom.